The highest BCUT2D eigenvalue weighted by Gasteiger charge is 2.28. The number of carbonyl (C=O) groups excluding carboxylic acids is 3. The number of esters is 1. The van der Waals surface area contributed by atoms with Crippen molar-refractivity contribution in [1.29, 1.82) is 0 Å². The molecule has 0 radical (unpaired) electrons. The van der Waals surface area contributed by atoms with Crippen LogP contribution in [0.15, 0.2) is 93.6 Å². The number of hydrogen-bond donors (Lipinski definition) is 3. The predicted octanol–water partition coefficient (Wildman–Crippen LogP) is 4.13. The Morgan fingerprint density at radius 2 is 1.57 bits per heavy atom. The monoisotopic (exact) mass is 788 g/mol. The molecule has 0 bridgehead atoms. The Hall–Kier alpha value is -6.23. The summed E-state index contributed by atoms with van der Waals surface area (Å²) in [4.78, 5) is 68.9. The van der Waals surface area contributed by atoms with E-state index in [0.717, 1.165) is 30.3 Å². The zero-order valence-electron chi connectivity index (χ0n) is 30.5. The van der Waals surface area contributed by atoms with Gasteiger partial charge in [-0.3, -0.25) is 28.7 Å². The van der Waals surface area contributed by atoms with Gasteiger partial charge in [-0.15, -0.1) is 0 Å². The average Bonchev–Trinajstić information content (AvgIpc) is 3.67. The number of rotatable bonds is 12. The van der Waals surface area contributed by atoms with Gasteiger partial charge < -0.3 is 15.4 Å². The van der Waals surface area contributed by atoms with Crippen LogP contribution in [0.5, 0.6) is 0 Å². The van der Waals surface area contributed by atoms with E-state index in [0.29, 0.717) is 23.2 Å². The fourth-order valence-corrected chi connectivity index (χ4v) is 7.51. The van der Waals surface area contributed by atoms with Crippen LogP contribution < -0.4 is 26.6 Å². The zero-order chi connectivity index (χ0) is 40.3. The number of amides is 2. The molecule has 56 heavy (non-hydrogen) atoms. The molecule has 14 nitrogen and oxygen atoms in total. The molecule has 1 fully saturated rings. The first-order valence-corrected chi connectivity index (χ1v) is 19.2. The normalized spacial score (nSPS) is 13.8. The Labute approximate surface area is 319 Å². The number of hydrogen-bond acceptors (Lipinski definition) is 9. The summed E-state index contributed by atoms with van der Waals surface area (Å²) in [6, 6.07) is 12.4. The number of carbonyl (C=O) groups is 3. The van der Waals surface area contributed by atoms with Crippen LogP contribution in [0.25, 0.3) is 16.6 Å². The van der Waals surface area contributed by atoms with Gasteiger partial charge in [-0.1, -0.05) is 25.0 Å². The largest absolute Gasteiger partial charge is 0.461 e. The molecule has 1 saturated carbocycles. The Morgan fingerprint density at radius 1 is 0.929 bits per heavy atom. The number of pyridine rings is 1. The van der Waals surface area contributed by atoms with Crippen LogP contribution in [0.2, 0.25) is 0 Å². The Kier molecular flexibility index (Phi) is 11.4. The molecule has 2 aromatic heterocycles. The van der Waals surface area contributed by atoms with Crippen molar-refractivity contribution in [2.45, 2.75) is 69.0 Å². The van der Waals surface area contributed by atoms with Gasteiger partial charge in [0.25, 0.3) is 27.4 Å². The van der Waals surface area contributed by atoms with E-state index >= 15 is 8.78 Å². The molecule has 2 heterocycles. The number of aromatic nitrogens is 3. The number of aryl methyl sites for hydroxylation is 1. The van der Waals surface area contributed by atoms with Crippen LogP contribution in [-0.4, -0.2) is 58.5 Å². The molecule has 1 aliphatic carbocycles. The van der Waals surface area contributed by atoms with Crippen molar-refractivity contribution in [3.63, 3.8) is 0 Å². The summed E-state index contributed by atoms with van der Waals surface area (Å²) in [5.74, 6) is -5.40. The third kappa shape index (κ3) is 8.52. The first-order valence-electron chi connectivity index (χ1n) is 17.7. The molecule has 3 N–H and O–H groups in total. The lowest BCUT2D eigenvalue weighted by Gasteiger charge is -2.20. The first kappa shape index (κ1) is 39.5. The minimum atomic E-state index is -4.38. The summed E-state index contributed by atoms with van der Waals surface area (Å²) < 4.78 is 66.5. The number of fused-ring (bicyclic) bond motifs is 1. The van der Waals surface area contributed by atoms with Crippen LogP contribution in [0.1, 0.15) is 65.8 Å². The standard InChI is InChI=1S/C39H38F2N6O8S/c1-22(2)55-38(51)32(18-23-8-12-27(13-9-23)47-37(50)29-16-17-42-21-33(29)46(3)39(47)52)44-36(49)34-30(40)19-26(20-31(34)41)45-56(53,54)28-14-10-24(11-15-28)35(48)43-25-6-4-5-7-25/h8-17,19-22,25,32,45H,4-7,18H2,1-3H3,(H,43,48)(H,44,49)/t32-/m0/s1. The molecule has 1 atom stereocenters. The number of ether oxygens (including phenoxy) is 1. The van der Waals surface area contributed by atoms with E-state index in [1.807, 2.05) is 0 Å². The maximum absolute atomic E-state index is 15.4. The lowest BCUT2D eigenvalue weighted by atomic mass is 10.0. The quantitative estimate of drug-likeness (QED) is 0.156. The number of benzene rings is 3. The molecule has 1 aliphatic rings. The van der Waals surface area contributed by atoms with E-state index in [4.69, 9.17) is 4.74 Å². The molecule has 0 aliphatic heterocycles. The molecular weight excluding hydrogens is 751 g/mol. The summed E-state index contributed by atoms with van der Waals surface area (Å²) in [6.07, 6.45) is 5.81. The van der Waals surface area contributed by atoms with Crippen molar-refractivity contribution in [2.24, 2.45) is 7.05 Å². The highest BCUT2D eigenvalue weighted by molar-refractivity contribution is 7.92. The lowest BCUT2D eigenvalue weighted by Crippen LogP contribution is -2.44. The molecule has 0 unspecified atom stereocenters. The van der Waals surface area contributed by atoms with E-state index in [9.17, 15) is 32.4 Å². The summed E-state index contributed by atoms with van der Waals surface area (Å²) in [5, 5.41) is 5.48. The van der Waals surface area contributed by atoms with Crippen molar-refractivity contribution >= 4 is 44.4 Å². The maximum Gasteiger partial charge on any atom is 0.335 e. The van der Waals surface area contributed by atoms with E-state index < -0.39 is 68.2 Å². The molecule has 2 amide bonds. The van der Waals surface area contributed by atoms with E-state index in [1.165, 1.54) is 78.6 Å². The Bertz CT molecular complexity index is 2530. The average molecular weight is 789 g/mol. The predicted molar refractivity (Wildman–Crippen MR) is 202 cm³/mol. The Morgan fingerprint density at radius 3 is 2.20 bits per heavy atom. The van der Waals surface area contributed by atoms with Crippen molar-refractivity contribution in [3.8, 4) is 5.69 Å². The minimum Gasteiger partial charge on any atom is -0.461 e. The second-order valence-electron chi connectivity index (χ2n) is 13.7. The number of nitrogens with one attached hydrogen (secondary N) is 3. The van der Waals surface area contributed by atoms with Crippen LogP contribution in [0.3, 0.4) is 0 Å². The van der Waals surface area contributed by atoms with Crippen LogP contribution in [-0.2, 0) is 33.0 Å². The van der Waals surface area contributed by atoms with E-state index in [-0.39, 0.29) is 39.9 Å². The SMILES string of the molecule is CC(C)OC(=O)[C@H](Cc1ccc(-n2c(=O)c3ccncc3n(C)c2=O)cc1)NC(=O)c1c(F)cc(NS(=O)(=O)c2ccc(C(=O)NC3CCCC3)cc2)cc1F. The highest BCUT2D eigenvalue weighted by atomic mass is 32.2. The Balaban J connectivity index is 1.18. The number of nitrogens with zero attached hydrogens (tertiary/aromatic N) is 3. The summed E-state index contributed by atoms with van der Waals surface area (Å²) in [6.45, 7) is 3.15. The molecular formula is C39H38F2N6O8S. The number of anilines is 1. The second kappa shape index (κ2) is 16.2. The molecule has 5 aromatic rings. The van der Waals surface area contributed by atoms with E-state index in [1.54, 1.807) is 13.8 Å². The topological polar surface area (TPSA) is 188 Å². The number of sulfonamides is 1. The maximum atomic E-state index is 15.4. The zero-order valence-corrected chi connectivity index (χ0v) is 31.4. The minimum absolute atomic E-state index is 0.0633. The fraction of sp³-hybridized carbons (Fsp3) is 0.282. The van der Waals surface area contributed by atoms with Crippen molar-refractivity contribution in [2.75, 3.05) is 4.72 Å². The van der Waals surface area contributed by atoms with Gasteiger partial charge in [-0.25, -0.2) is 31.4 Å². The molecule has 292 valence electrons. The van der Waals surface area contributed by atoms with Crippen LogP contribution in [0.4, 0.5) is 14.5 Å². The lowest BCUT2D eigenvalue weighted by molar-refractivity contribution is -0.149. The highest BCUT2D eigenvalue weighted by Crippen LogP contribution is 2.24. The van der Waals surface area contributed by atoms with Crippen molar-refractivity contribution in [1.82, 2.24) is 24.8 Å². The van der Waals surface area contributed by atoms with Crippen LogP contribution in [0, 0.1) is 11.6 Å². The van der Waals surface area contributed by atoms with E-state index in [2.05, 4.69) is 20.3 Å². The number of halogens is 2. The third-order valence-corrected chi connectivity index (χ3v) is 10.7. The van der Waals surface area contributed by atoms with Crippen molar-refractivity contribution < 1.29 is 36.3 Å². The van der Waals surface area contributed by atoms with Gasteiger partial charge in [0.05, 0.1) is 39.5 Å². The van der Waals surface area contributed by atoms with Gasteiger partial charge in [-0.05, 0) is 86.8 Å². The second-order valence-corrected chi connectivity index (χ2v) is 15.3. The summed E-state index contributed by atoms with van der Waals surface area (Å²) in [7, 11) is -2.87. The van der Waals surface area contributed by atoms with Crippen LogP contribution >= 0.6 is 0 Å². The van der Waals surface area contributed by atoms with Gasteiger partial charge in [0.15, 0.2) is 0 Å². The van der Waals surface area contributed by atoms with Gasteiger partial charge >= 0.3 is 11.7 Å². The molecule has 17 heteroatoms. The van der Waals surface area contributed by atoms with Gasteiger partial charge in [0.1, 0.15) is 23.2 Å². The summed E-state index contributed by atoms with van der Waals surface area (Å²) in [5.41, 5.74) is -1.53. The van der Waals surface area contributed by atoms with Gasteiger partial charge in [0, 0.05) is 31.3 Å². The first-order chi connectivity index (χ1) is 26.6. The third-order valence-electron chi connectivity index (χ3n) is 9.29. The molecule has 0 saturated heterocycles. The fourth-order valence-electron chi connectivity index (χ4n) is 6.46. The molecule has 3 aromatic carbocycles. The van der Waals surface area contributed by atoms with Crippen molar-refractivity contribution in [3.05, 3.63) is 128 Å². The molecule has 6 rings (SSSR count). The smallest absolute Gasteiger partial charge is 0.335 e. The van der Waals surface area contributed by atoms with Gasteiger partial charge in [-0.2, -0.15) is 0 Å². The summed E-state index contributed by atoms with van der Waals surface area (Å²) >= 11 is 0. The molecule has 0 spiro atoms. The van der Waals surface area contributed by atoms with Gasteiger partial charge in [0.2, 0.25) is 0 Å².